The topological polar surface area (TPSA) is 77.0 Å². The van der Waals surface area contributed by atoms with Crippen molar-refractivity contribution in [2.45, 2.75) is 12.2 Å². The fourth-order valence-corrected chi connectivity index (χ4v) is 1.36. The van der Waals surface area contributed by atoms with Crippen LogP contribution in [-0.4, -0.2) is 44.1 Å². The van der Waals surface area contributed by atoms with E-state index in [0.717, 1.165) is 14.2 Å². The third kappa shape index (κ3) is 2.48. The van der Waals surface area contributed by atoms with Gasteiger partial charge in [-0.1, -0.05) is 0 Å². The highest BCUT2D eigenvalue weighted by Crippen LogP contribution is 2.30. The third-order valence-corrected chi connectivity index (χ3v) is 2.15. The van der Waals surface area contributed by atoms with Crippen LogP contribution in [0.3, 0.4) is 0 Å². The minimum absolute atomic E-state index is 0.651. The number of methoxy groups -OCH3 is 2. The minimum Gasteiger partial charge on any atom is -0.468 e. The number of halogens is 3. The van der Waals surface area contributed by atoms with E-state index in [4.69, 9.17) is 0 Å². The number of hydrogen-bond donors (Lipinski definition) is 1. The van der Waals surface area contributed by atoms with Gasteiger partial charge in [0.1, 0.15) is 5.92 Å². The lowest BCUT2D eigenvalue weighted by molar-refractivity contribution is -0.172. The Balaban J connectivity index is 3.03. The largest absolute Gasteiger partial charge is 0.468 e. The molecule has 0 unspecified atom stereocenters. The lowest BCUT2D eigenvalue weighted by Crippen LogP contribution is -2.47. The molecule has 0 fully saturated rings. The highest BCUT2D eigenvalue weighted by atomic mass is 19.4. The average molecular weight is 254 g/mol. The van der Waals surface area contributed by atoms with Crippen molar-refractivity contribution in [1.82, 2.24) is 5.43 Å². The van der Waals surface area contributed by atoms with Gasteiger partial charge in [0.2, 0.25) is 0 Å². The normalized spacial score (nSPS) is 23.7. The summed E-state index contributed by atoms with van der Waals surface area (Å²) in [4.78, 5) is 22.4. The molecule has 0 aromatic carbocycles. The Morgan fingerprint density at radius 3 is 2.29 bits per heavy atom. The minimum atomic E-state index is -4.74. The molecule has 1 aliphatic heterocycles. The number of nitrogens with zero attached hydrogens (tertiary/aromatic N) is 1. The van der Waals surface area contributed by atoms with Crippen LogP contribution >= 0.6 is 0 Å². The smallest absolute Gasteiger partial charge is 0.411 e. The molecule has 0 saturated carbocycles. The van der Waals surface area contributed by atoms with E-state index in [1.54, 1.807) is 5.43 Å². The van der Waals surface area contributed by atoms with E-state index in [-0.39, 0.29) is 0 Å². The molecular weight excluding hydrogens is 245 g/mol. The molecule has 0 aliphatic carbocycles. The lowest BCUT2D eigenvalue weighted by Gasteiger charge is -2.20. The maximum Gasteiger partial charge on any atom is 0.411 e. The van der Waals surface area contributed by atoms with Crippen LogP contribution in [0.1, 0.15) is 0 Å². The monoisotopic (exact) mass is 254 g/mol. The molecule has 2 atom stereocenters. The summed E-state index contributed by atoms with van der Waals surface area (Å²) in [5.74, 6) is -4.17. The Morgan fingerprint density at radius 2 is 1.88 bits per heavy atom. The van der Waals surface area contributed by atoms with E-state index in [2.05, 4.69) is 14.6 Å². The SMILES string of the molecule is COC(=O)C1=NN[C@@H](C(F)(F)F)[C@@H]1C(=O)OC. The Labute approximate surface area is 93.8 Å². The second kappa shape index (κ2) is 4.60. The van der Waals surface area contributed by atoms with E-state index < -0.39 is 35.8 Å². The summed E-state index contributed by atoms with van der Waals surface area (Å²) in [5.41, 5.74) is 1.04. The zero-order valence-electron chi connectivity index (χ0n) is 8.87. The third-order valence-electron chi connectivity index (χ3n) is 2.15. The van der Waals surface area contributed by atoms with E-state index in [9.17, 15) is 22.8 Å². The molecule has 1 rings (SSSR count). The van der Waals surface area contributed by atoms with Crippen molar-refractivity contribution in [3.63, 3.8) is 0 Å². The van der Waals surface area contributed by atoms with Gasteiger partial charge in [0.25, 0.3) is 0 Å². The summed E-state index contributed by atoms with van der Waals surface area (Å²) in [6.07, 6.45) is -4.74. The van der Waals surface area contributed by atoms with Gasteiger partial charge in [-0.05, 0) is 0 Å². The molecule has 0 amide bonds. The predicted molar refractivity (Wildman–Crippen MR) is 47.9 cm³/mol. The Kier molecular flexibility index (Phi) is 3.59. The number of hydrogen-bond acceptors (Lipinski definition) is 6. The van der Waals surface area contributed by atoms with Crippen LogP contribution in [0.15, 0.2) is 5.10 Å². The molecule has 6 nitrogen and oxygen atoms in total. The first-order chi connectivity index (χ1) is 7.82. The quantitative estimate of drug-likeness (QED) is 0.693. The molecule has 0 bridgehead atoms. The summed E-state index contributed by atoms with van der Waals surface area (Å²) in [7, 11) is 1.89. The van der Waals surface area contributed by atoms with E-state index >= 15 is 0 Å². The van der Waals surface area contributed by atoms with E-state index in [1.165, 1.54) is 0 Å². The second-order valence-corrected chi connectivity index (χ2v) is 3.14. The molecule has 17 heavy (non-hydrogen) atoms. The lowest BCUT2D eigenvalue weighted by atomic mass is 9.95. The Bertz CT molecular complexity index is 366. The van der Waals surface area contributed by atoms with Gasteiger partial charge in [-0.2, -0.15) is 18.3 Å². The van der Waals surface area contributed by atoms with Gasteiger partial charge in [0, 0.05) is 0 Å². The van der Waals surface area contributed by atoms with Crippen molar-refractivity contribution in [1.29, 1.82) is 0 Å². The summed E-state index contributed by atoms with van der Waals surface area (Å²) >= 11 is 0. The number of rotatable bonds is 2. The average Bonchev–Trinajstić information content (AvgIpc) is 2.70. The zero-order valence-corrected chi connectivity index (χ0v) is 8.87. The highest BCUT2D eigenvalue weighted by molar-refractivity contribution is 6.41. The van der Waals surface area contributed by atoms with E-state index in [0.29, 0.717) is 0 Å². The predicted octanol–water partition coefficient (Wildman–Crippen LogP) is -0.161. The highest BCUT2D eigenvalue weighted by Gasteiger charge is 2.55. The Hall–Kier alpha value is -1.80. The summed E-state index contributed by atoms with van der Waals surface area (Å²) in [5, 5.41) is 3.18. The number of hydrazone groups is 1. The number of carbonyl (C=O) groups is 2. The van der Waals surface area contributed by atoms with Crippen LogP contribution in [0.2, 0.25) is 0 Å². The Morgan fingerprint density at radius 1 is 1.29 bits per heavy atom. The van der Waals surface area contributed by atoms with Gasteiger partial charge in [0.15, 0.2) is 11.8 Å². The summed E-state index contributed by atoms with van der Waals surface area (Å²) in [6.45, 7) is 0. The van der Waals surface area contributed by atoms with Crippen molar-refractivity contribution in [2.75, 3.05) is 14.2 Å². The van der Waals surface area contributed by atoms with Crippen molar-refractivity contribution in [2.24, 2.45) is 11.0 Å². The number of nitrogens with one attached hydrogen (secondary N) is 1. The zero-order chi connectivity index (χ0) is 13.2. The van der Waals surface area contributed by atoms with Crippen LogP contribution in [0, 0.1) is 5.92 Å². The number of ether oxygens (including phenoxy) is 2. The summed E-state index contributed by atoms with van der Waals surface area (Å²) in [6, 6.07) is -2.29. The van der Waals surface area contributed by atoms with Gasteiger partial charge in [-0.15, -0.1) is 0 Å². The number of carbonyl (C=O) groups excluding carboxylic acids is 2. The molecular formula is C8H9F3N2O4. The molecule has 0 radical (unpaired) electrons. The number of esters is 2. The number of alkyl halides is 3. The van der Waals surface area contributed by atoms with Crippen LogP contribution in [0.4, 0.5) is 13.2 Å². The first kappa shape index (κ1) is 13.3. The molecule has 0 saturated heterocycles. The van der Waals surface area contributed by atoms with Gasteiger partial charge < -0.3 is 9.47 Å². The van der Waals surface area contributed by atoms with Crippen LogP contribution in [0.5, 0.6) is 0 Å². The van der Waals surface area contributed by atoms with Crippen LogP contribution in [0.25, 0.3) is 0 Å². The first-order valence-corrected chi connectivity index (χ1v) is 4.39. The fraction of sp³-hybridized carbons (Fsp3) is 0.625. The standard InChI is InChI=1S/C8H9F3N2O4/c1-16-6(14)3-4(7(15)17-2)12-13-5(3)8(9,10)11/h3,5,13H,1-2H3/t3-,5-/m1/s1. The maximum atomic E-state index is 12.6. The van der Waals surface area contributed by atoms with Gasteiger partial charge >= 0.3 is 18.1 Å². The molecule has 0 aromatic rings. The van der Waals surface area contributed by atoms with Crippen LogP contribution in [-0.2, 0) is 19.1 Å². The van der Waals surface area contributed by atoms with Gasteiger partial charge in [0.05, 0.1) is 14.2 Å². The van der Waals surface area contributed by atoms with Gasteiger partial charge in [-0.25, -0.2) is 4.79 Å². The van der Waals surface area contributed by atoms with Crippen molar-refractivity contribution >= 4 is 17.7 Å². The van der Waals surface area contributed by atoms with Crippen LogP contribution < -0.4 is 5.43 Å². The van der Waals surface area contributed by atoms with Crippen molar-refractivity contribution in [3.05, 3.63) is 0 Å². The molecule has 1 aliphatic rings. The van der Waals surface area contributed by atoms with Gasteiger partial charge in [-0.3, -0.25) is 10.2 Å². The van der Waals surface area contributed by atoms with E-state index in [1.807, 2.05) is 0 Å². The molecule has 96 valence electrons. The van der Waals surface area contributed by atoms with Crippen molar-refractivity contribution in [3.8, 4) is 0 Å². The molecule has 1 N–H and O–H groups in total. The fourth-order valence-electron chi connectivity index (χ4n) is 1.36. The molecule has 0 aromatic heterocycles. The molecule has 9 heteroatoms. The molecule has 0 spiro atoms. The molecule has 1 heterocycles. The maximum absolute atomic E-state index is 12.6. The second-order valence-electron chi connectivity index (χ2n) is 3.14. The summed E-state index contributed by atoms with van der Waals surface area (Å²) < 4.78 is 46.1. The van der Waals surface area contributed by atoms with Crippen molar-refractivity contribution < 1.29 is 32.2 Å². The first-order valence-electron chi connectivity index (χ1n) is 4.39.